The number of esters is 2. The highest BCUT2D eigenvalue weighted by Crippen LogP contribution is 2.29. The standard InChI is InChI=1S/C22H34O4/c1-5-6-7-8-9-10-11-12-17-20(23)25-18-15-13-14-16-19(18)26-21(24)22(2,3)4/h13-16H,5-12,17H2,1-4H3. The van der Waals surface area contributed by atoms with Gasteiger partial charge in [-0.15, -0.1) is 0 Å². The van der Waals surface area contributed by atoms with E-state index in [1.165, 1.54) is 32.1 Å². The zero-order valence-electron chi connectivity index (χ0n) is 16.8. The van der Waals surface area contributed by atoms with Crippen LogP contribution in [-0.2, 0) is 9.59 Å². The summed E-state index contributed by atoms with van der Waals surface area (Å²) >= 11 is 0. The fraction of sp³-hybridized carbons (Fsp3) is 0.636. The fourth-order valence-electron chi connectivity index (χ4n) is 2.45. The fourth-order valence-corrected chi connectivity index (χ4v) is 2.45. The van der Waals surface area contributed by atoms with Crippen molar-refractivity contribution in [3.8, 4) is 11.5 Å². The maximum atomic E-state index is 12.1. The lowest BCUT2D eigenvalue weighted by Gasteiger charge is -2.17. The van der Waals surface area contributed by atoms with Crippen molar-refractivity contribution in [1.29, 1.82) is 0 Å². The quantitative estimate of drug-likeness (QED) is 0.272. The molecule has 0 radical (unpaired) electrons. The van der Waals surface area contributed by atoms with Gasteiger partial charge in [0.05, 0.1) is 5.41 Å². The van der Waals surface area contributed by atoms with Crippen LogP contribution in [0.3, 0.4) is 0 Å². The summed E-state index contributed by atoms with van der Waals surface area (Å²) in [5.41, 5.74) is -0.617. The minimum atomic E-state index is -0.617. The number of para-hydroxylation sites is 2. The molecule has 4 nitrogen and oxygen atoms in total. The van der Waals surface area contributed by atoms with E-state index in [0.29, 0.717) is 12.2 Å². The second kappa shape index (κ2) is 11.7. The molecule has 0 N–H and O–H groups in total. The molecule has 1 aromatic rings. The summed E-state index contributed by atoms with van der Waals surface area (Å²) in [7, 11) is 0. The highest BCUT2D eigenvalue weighted by atomic mass is 16.6. The van der Waals surface area contributed by atoms with E-state index in [0.717, 1.165) is 19.3 Å². The van der Waals surface area contributed by atoms with E-state index in [1.54, 1.807) is 45.0 Å². The first-order valence-electron chi connectivity index (χ1n) is 9.86. The van der Waals surface area contributed by atoms with Gasteiger partial charge >= 0.3 is 11.9 Å². The van der Waals surface area contributed by atoms with E-state index < -0.39 is 5.41 Å². The molecule has 0 spiro atoms. The van der Waals surface area contributed by atoms with Gasteiger partial charge in [0.15, 0.2) is 11.5 Å². The first-order valence-corrected chi connectivity index (χ1v) is 9.86. The Morgan fingerprint density at radius 1 is 0.808 bits per heavy atom. The topological polar surface area (TPSA) is 52.6 Å². The van der Waals surface area contributed by atoms with Gasteiger partial charge < -0.3 is 9.47 Å². The van der Waals surface area contributed by atoms with Crippen LogP contribution in [0.2, 0.25) is 0 Å². The summed E-state index contributed by atoms with van der Waals surface area (Å²) in [5.74, 6) is -0.0503. The molecule has 0 aliphatic heterocycles. The molecule has 0 aromatic heterocycles. The van der Waals surface area contributed by atoms with Crippen molar-refractivity contribution in [3.05, 3.63) is 24.3 Å². The minimum absolute atomic E-state index is 0.282. The lowest BCUT2D eigenvalue weighted by atomic mass is 9.97. The molecule has 0 heterocycles. The number of hydrogen-bond donors (Lipinski definition) is 0. The molecule has 0 bridgehead atoms. The minimum Gasteiger partial charge on any atom is -0.423 e. The summed E-state index contributed by atoms with van der Waals surface area (Å²) in [6.45, 7) is 7.57. The second-order valence-corrected chi connectivity index (χ2v) is 7.79. The average molecular weight is 363 g/mol. The van der Waals surface area contributed by atoms with Crippen LogP contribution < -0.4 is 9.47 Å². The molecule has 0 aliphatic rings. The Balaban J connectivity index is 2.37. The number of ether oxygens (including phenoxy) is 2. The molecule has 0 amide bonds. The smallest absolute Gasteiger partial charge is 0.316 e. The molecule has 1 aromatic carbocycles. The van der Waals surface area contributed by atoms with E-state index in [2.05, 4.69) is 6.92 Å². The lowest BCUT2D eigenvalue weighted by Crippen LogP contribution is -2.25. The molecule has 146 valence electrons. The van der Waals surface area contributed by atoms with Gasteiger partial charge in [-0.2, -0.15) is 0 Å². The number of benzene rings is 1. The van der Waals surface area contributed by atoms with Gasteiger partial charge in [0, 0.05) is 6.42 Å². The third-order valence-corrected chi connectivity index (χ3v) is 4.12. The number of carbonyl (C=O) groups is 2. The van der Waals surface area contributed by atoms with Crippen LogP contribution in [0.4, 0.5) is 0 Å². The monoisotopic (exact) mass is 362 g/mol. The molecule has 1 rings (SSSR count). The number of hydrogen-bond acceptors (Lipinski definition) is 4. The van der Waals surface area contributed by atoms with Gasteiger partial charge in [-0.05, 0) is 39.3 Å². The van der Waals surface area contributed by atoms with Crippen molar-refractivity contribution in [2.24, 2.45) is 5.41 Å². The maximum Gasteiger partial charge on any atom is 0.316 e. The molecule has 0 atom stereocenters. The molecule has 4 heteroatoms. The van der Waals surface area contributed by atoms with Crippen LogP contribution in [-0.4, -0.2) is 11.9 Å². The van der Waals surface area contributed by atoms with Crippen LogP contribution in [0, 0.1) is 5.41 Å². The number of rotatable bonds is 11. The van der Waals surface area contributed by atoms with Crippen molar-refractivity contribution in [3.63, 3.8) is 0 Å². The lowest BCUT2D eigenvalue weighted by molar-refractivity contribution is -0.143. The van der Waals surface area contributed by atoms with Crippen LogP contribution in [0.15, 0.2) is 24.3 Å². The Labute approximate surface area is 158 Å². The Kier molecular flexibility index (Phi) is 10.0. The summed E-state index contributed by atoms with van der Waals surface area (Å²) < 4.78 is 10.8. The molecule has 0 unspecified atom stereocenters. The molecule has 26 heavy (non-hydrogen) atoms. The zero-order chi connectivity index (χ0) is 19.4. The van der Waals surface area contributed by atoms with Crippen molar-refractivity contribution in [1.82, 2.24) is 0 Å². The van der Waals surface area contributed by atoms with Crippen LogP contribution in [0.5, 0.6) is 11.5 Å². The van der Waals surface area contributed by atoms with Gasteiger partial charge in [-0.3, -0.25) is 9.59 Å². The molecule has 0 aliphatic carbocycles. The first-order chi connectivity index (χ1) is 12.3. The molecule has 0 saturated carbocycles. The molecule has 0 saturated heterocycles. The Hall–Kier alpha value is -1.84. The normalized spacial score (nSPS) is 11.2. The first kappa shape index (κ1) is 22.2. The largest absolute Gasteiger partial charge is 0.423 e. The summed E-state index contributed by atoms with van der Waals surface area (Å²) in [5, 5.41) is 0. The van der Waals surface area contributed by atoms with Crippen molar-refractivity contribution in [2.75, 3.05) is 0 Å². The Morgan fingerprint density at radius 3 is 1.85 bits per heavy atom. The summed E-state index contributed by atoms with van der Waals surface area (Å²) in [6, 6.07) is 6.80. The van der Waals surface area contributed by atoms with Gasteiger partial charge in [-0.25, -0.2) is 0 Å². The van der Waals surface area contributed by atoms with Crippen molar-refractivity contribution < 1.29 is 19.1 Å². The average Bonchev–Trinajstić information content (AvgIpc) is 2.58. The zero-order valence-corrected chi connectivity index (χ0v) is 16.8. The van der Waals surface area contributed by atoms with Gasteiger partial charge in [0.1, 0.15) is 0 Å². The summed E-state index contributed by atoms with van der Waals surface area (Å²) in [4.78, 5) is 24.1. The van der Waals surface area contributed by atoms with Crippen molar-refractivity contribution >= 4 is 11.9 Å². The second-order valence-electron chi connectivity index (χ2n) is 7.79. The van der Waals surface area contributed by atoms with Gasteiger partial charge in [0.25, 0.3) is 0 Å². The van der Waals surface area contributed by atoms with E-state index in [9.17, 15) is 9.59 Å². The molecular formula is C22H34O4. The predicted octanol–water partition coefficient (Wildman–Crippen LogP) is 6.07. The Morgan fingerprint density at radius 2 is 1.31 bits per heavy atom. The maximum absolute atomic E-state index is 12.1. The number of unbranched alkanes of at least 4 members (excludes halogenated alkanes) is 7. The molecular weight excluding hydrogens is 328 g/mol. The highest BCUT2D eigenvalue weighted by molar-refractivity contribution is 5.79. The van der Waals surface area contributed by atoms with Crippen LogP contribution >= 0.6 is 0 Å². The summed E-state index contributed by atoms with van der Waals surface area (Å²) in [6.07, 6.45) is 9.82. The van der Waals surface area contributed by atoms with Crippen LogP contribution in [0.1, 0.15) is 85.5 Å². The Bertz CT molecular complexity index is 558. The van der Waals surface area contributed by atoms with Crippen molar-refractivity contribution in [2.45, 2.75) is 85.5 Å². The predicted molar refractivity (Wildman–Crippen MR) is 104 cm³/mol. The third-order valence-electron chi connectivity index (χ3n) is 4.12. The van der Waals surface area contributed by atoms with E-state index in [-0.39, 0.29) is 17.7 Å². The van der Waals surface area contributed by atoms with E-state index >= 15 is 0 Å². The van der Waals surface area contributed by atoms with Crippen LogP contribution in [0.25, 0.3) is 0 Å². The SMILES string of the molecule is CCCCCCCCCCC(=O)Oc1ccccc1OC(=O)C(C)(C)C. The van der Waals surface area contributed by atoms with Gasteiger partial charge in [0.2, 0.25) is 0 Å². The van der Waals surface area contributed by atoms with E-state index in [1.807, 2.05) is 0 Å². The highest BCUT2D eigenvalue weighted by Gasteiger charge is 2.25. The van der Waals surface area contributed by atoms with E-state index in [4.69, 9.17) is 9.47 Å². The third kappa shape index (κ3) is 9.02. The van der Waals surface area contributed by atoms with Gasteiger partial charge in [-0.1, -0.05) is 64.0 Å². The number of carbonyl (C=O) groups excluding carboxylic acids is 2. The molecule has 0 fully saturated rings.